The Labute approximate surface area is 188 Å². The number of hydrogen-bond donors (Lipinski definition) is 0. The van der Waals surface area contributed by atoms with Crippen molar-refractivity contribution in [2.45, 2.75) is 44.6 Å². The fourth-order valence-electron chi connectivity index (χ4n) is 6.22. The number of benzene rings is 1. The average Bonchev–Trinajstić information content (AvgIpc) is 3.46. The van der Waals surface area contributed by atoms with Crippen LogP contribution in [0.4, 0.5) is 0 Å². The average molecular weight is 437 g/mol. The number of rotatable bonds is 3. The van der Waals surface area contributed by atoms with E-state index >= 15 is 0 Å². The summed E-state index contributed by atoms with van der Waals surface area (Å²) in [6.45, 7) is 6.43. The minimum atomic E-state index is 0.641. The zero-order valence-electron chi connectivity index (χ0n) is 18.0. The maximum absolute atomic E-state index is 6.42. The minimum absolute atomic E-state index is 0.641. The highest BCUT2D eigenvalue weighted by atomic mass is 35.5. The van der Waals surface area contributed by atoms with Crippen LogP contribution in [0.2, 0.25) is 0 Å². The van der Waals surface area contributed by atoms with Gasteiger partial charge < -0.3 is 4.74 Å². The normalized spacial score (nSPS) is 27.2. The summed E-state index contributed by atoms with van der Waals surface area (Å²) >= 11 is 6.42. The van der Waals surface area contributed by atoms with E-state index < -0.39 is 0 Å². The molecule has 6 heteroatoms. The molecule has 3 aliphatic rings. The predicted octanol–water partition coefficient (Wildman–Crippen LogP) is 5.01. The van der Waals surface area contributed by atoms with Crippen molar-refractivity contribution in [3.8, 4) is 11.3 Å². The molecule has 3 aromatic rings. The van der Waals surface area contributed by atoms with E-state index in [-0.39, 0.29) is 0 Å². The van der Waals surface area contributed by atoms with Crippen LogP contribution in [0.3, 0.4) is 0 Å². The lowest BCUT2D eigenvalue weighted by atomic mass is 9.93. The molecule has 3 fully saturated rings. The topological polar surface area (TPSA) is 43.2 Å². The Kier molecular flexibility index (Phi) is 5.01. The van der Waals surface area contributed by atoms with Crippen molar-refractivity contribution in [3.05, 3.63) is 47.8 Å². The van der Waals surface area contributed by atoms with Gasteiger partial charge >= 0.3 is 0 Å². The molecule has 162 valence electrons. The molecule has 0 bridgehead atoms. The molecule has 0 radical (unpaired) electrons. The second-order valence-electron chi connectivity index (χ2n) is 9.66. The molecule has 3 atom stereocenters. The number of pyridine rings is 1. The number of halogens is 1. The zero-order chi connectivity index (χ0) is 20.9. The Morgan fingerprint density at radius 3 is 2.55 bits per heavy atom. The highest BCUT2D eigenvalue weighted by Gasteiger charge is 2.43. The van der Waals surface area contributed by atoms with Crippen LogP contribution in [0, 0.1) is 18.8 Å². The van der Waals surface area contributed by atoms with E-state index in [0.717, 1.165) is 58.9 Å². The zero-order valence-corrected chi connectivity index (χ0v) is 18.8. The molecule has 0 spiro atoms. The summed E-state index contributed by atoms with van der Waals surface area (Å²) in [5.74, 6) is 2.31. The molecule has 5 nitrogen and oxygen atoms in total. The Morgan fingerprint density at radius 1 is 1.03 bits per heavy atom. The molecule has 0 N–H and O–H groups in total. The van der Waals surface area contributed by atoms with Crippen molar-refractivity contribution in [3.63, 3.8) is 0 Å². The molecule has 1 saturated carbocycles. The van der Waals surface area contributed by atoms with Gasteiger partial charge in [0, 0.05) is 67.0 Å². The smallest absolute Gasteiger partial charge is 0.102 e. The van der Waals surface area contributed by atoms with Crippen molar-refractivity contribution >= 4 is 22.7 Å². The molecular formula is C25H29ClN4O. The van der Waals surface area contributed by atoms with Crippen molar-refractivity contribution in [2.75, 3.05) is 26.3 Å². The quantitative estimate of drug-likeness (QED) is 0.578. The third-order valence-corrected chi connectivity index (χ3v) is 8.05. The maximum Gasteiger partial charge on any atom is 0.102 e. The summed E-state index contributed by atoms with van der Waals surface area (Å²) in [7, 11) is 0. The van der Waals surface area contributed by atoms with Gasteiger partial charge in [-0.1, -0.05) is 6.07 Å². The van der Waals surface area contributed by atoms with Gasteiger partial charge in [-0.3, -0.25) is 9.88 Å². The maximum atomic E-state index is 6.42. The van der Waals surface area contributed by atoms with Gasteiger partial charge in [-0.25, -0.2) is 0 Å². The highest BCUT2D eigenvalue weighted by molar-refractivity contribution is 6.19. The van der Waals surface area contributed by atoms with Gasteiger partial charge in [0.25, 0.3) is 0 Å². The summed E-state index contributed by atoms with van der Waals surface area (Å²) in [6.07, 6.45) is 6.86. The summed E-state index contributed by atoms with van der Waals surface area (Å²) in [5.41, 5.74) is 5.42. The van der Waals surface area contributed by atoms with Crippen LogP contribution >= 0.6 is 11.8 Å². The number of ether oxygens (including phenoxy) is 1. The molecule has 2 aromatic heterocycles. The van der Waals surface area contributed by atoms with Crippen LogP contribution in [0.25, 0.3) is 22.2 Å². The lowest BCUT2D eigenvalue weighted by molar-refractivity contribution is 0.0395. The van der Waals surface area contributed by atoms with Crippen molar-refractivity contribution in [1.82, 2.24) is 19.2 Å². The Bertz CT molecular complexity index is 1090. The van der Waals surface area contributed by atoms with E-state index in [2.05, 4.69) is 39.2 Å². The lowest BCUT2D eigenvalue weighted by Crippen LogP contribution is -2.38. The molecule has 2 saturated heterocycles. The van der Waals surface area contributed by atoms with Gasteiger partial charge in [-0.05, 0) is 80.2 Å². The Hall–Kier alpha value is -1.95. The van der Waals surface area contributed by atoms with Crippen LogP contribution in [0.1, 0.15) is 42.9 Å². The predicted molar refractivity (Wildman–Crippen MR) is 123 cm³/mol. The first-order valence-electron chi connectivity index (χ1n) is 11.6. The van der Waals surface area contributed by atoms with Crippen LogP contribution in [0.5, 0.6) is 0 Å². The number of likely N-dealkylation sites (tertiary alicyclic amines) is 1. The fourth-order valence-corrected chi connectivity index (χ4v) is 6.44. The van der Waals surface area contributed by atoms with Gasteiger partial charge in [0.1, 0.15) is 5.69 Å². The molecule has 1 unspecified atom stereocenters. The van der Waals surface area contributed by atoms with E-state index in [9.17, 15) is 0 Å². The number of hydrogen-bond acceptors (Lipinski definition) is 4. The van der Waals surface area contributed by atoms with Crippen molar-refractivity contribution in [2.24, 2.45) is 11.8 Å². The second kappa shape index (κ2) is 7.88. The highest BCUT2D eigenvalue weighted by Crippen LogP contribution is 2.47. The summed E-state index contributed by atoms with van der Waals surface area (Å²) < 4.78 is 7.05. The van der Waals surface area contributed by atoms with Crippen LogP contribution < -0.4 is 0 Å². The van der Waals surface area contributed by atoms with E-state index in [1.807, 2.05) is 19.2 Å². The van der Waals surface area contributed by atoms with Crippen molar-refractivity contribution in [1.29, 1.82) is 0 Å². The Morgan fingerprint density at radius 2 is 1.81 bits per heavy atom. The van der Waals surface area contributed by atoms with Crippen LogP contribution in [-0.4, -0.2) is 51.5 Å². The van der Waals surface area contributed by atoms with Gasteiger partial charge in [-0.2, -0.15) is 9.30 Å². The van der Waals surface area contributed by atoms with E-state index in [1.165, 1.54) is 48.5 Å². The third-order valence-electron chi connectivity index (χ3n) is 7.79. The number of nitrogens with zero attached hydrogens (tertiary/aromatic N) is 4. The molecule has 1 aliphatic carbocycles. The summed E-state index contributed by atoms with van der Waals surface area (Å²) in [4.78, 5) is 7.09. The number of aromatic nitrogens is 3. The lowest BCUT2D eigenvalue weighted by Gasteiger charge is -2.32. The van der Waals surface area contributed by atoms with E-state index in [4.69, 9.17) is 16.5 Å². The van der Waals surface area contributed by atoms with Crippen molar-refractivity contribution < 1.29 is 4.74 Å². The fraction of sp³-hybridized carbons (Fsp3) is 0.520. The standard InChI is InChI=1S/C25H29ClN4O/c1-16-10-18(4-7-27-16)25-23-13-17(2-3-24(23)30(26)28-25)19-11-20-14-29(15-21(20)12-19)22-5-8-31-9-6-22/h2-4,7,10,13,19-22H,5-6,8-9,11-12,14-15H2,1H3/t19?,20-,21+. The molecule has 0 amide bonds. The monoisotopic (exact) mass is 436 g/mol. The minimum Gasteiger partial charge on any atom is -0.381 e. The second-order valence-corrected chi connectivity index (χ2v) is 9.98. The largest absolute Gasteiger partial charge is 0.381 e. The SMILES string of the molecule is Cc1cc(-c2nn(Cl)c3ccc(C4C[C@@H]5CN(C6CCOCC6)C[C@@H]5C4)cc23)ccn1. The summed E-state index contributed by atoms with van der Waals surface area (Å²) in [5, 5.41) is 5.76. The molecule has 1 aromatic carbocycles. The molecule has 31 heavy (non-hydrogen) atoms. The van der Waals surface area contributed by atoms with Crippen LogP contribution in [0.15, 0.2) is 36.5 Å². The third kappa shape index (κ3) is 3.57. The van der Waals surface area contributed by atoms with Gasteiger partial charge in [0.05, 0.1) is 5.52 Å². The van der Waals surface area contributed by atoms with Crippen LogP contribution in [-0.2, 0) is 4.74 Å². The number of fused-ring (bicyclic) bond motifs is 2. The summed E-state index contributed by atoms with van der Waals surface area (Å²) in [6, 6.07) is 11.6. The molecule has 2 aliphatic heterocycles. The van der Waals surface area contributed by atoms with E-state index in [1.54, 1.807) is 0 Å². The van der Waals surface area contributed by atoms with Gasteiger partial charge in [0.15, 0.2) is 0 Å². The molecule has 4 heterocycles. The van der Waals surface area contributed by atoms with Gasteiger partial charge in [0.2, 0.25) is 0 Å². The van der Waals surface area contributed by atoms with Gasteiger partial charge in [-0.15, -0.1) is 0 Å². The first-order chi connectivity index (χ1) is 15.2. The Balaban J connectivity index is 1.24. The van der Waals surface area contributed by atoms with E-state index in [0.29, 0.717) is 5.92 Å². The number of aryl methyl sites for hydroxylation is 1. The molecular weight excluding hydrogens is 408 g/mol. The first kappa shape index (κ1) is 19.7. The molecule has 6 rings (SSSR count). The first-order valence-corrected chi connectivity index (χ1v) is 11.9.